The van der Waals surface area contributed by atoms with Crippen molar-refractivity contribution >= 4 is 14.0 Å². The number of carbonyl (C=O) groups excluding carboxylic acids is 1. The Hall–Kier alpha value is -1.35. The van der Waals surface area contributed by atoms with Crippen molar-refractivity contribution < 1.29 is 9.53 Å². The van der Waals surface area contributed by atoms with Gasteiger partial charge in [0.05, 0.1) is 21.1 Å². The van der Waals surface area contributed by atoms with E-state index in [1.807, 2.05) is 13.0 Å². The lowest BCUT2D eigenvalue weighted by atomic mass is 10.1. The highest BCUT2D eigenvalue weighted by Crippen LogP contribution is 2.14. The van der Waals surface area contributed by atoms with Crippen LogP contribution in [0.15, 0.2) is 42.1 Å². The summed E-state index contributed by atoms with van der Waals surface area (Å²) in [5, 5.41) is 0. The maximum absolute atomic E-state index is 11.3. The van der Waals surface area contributed by atoms with Crippen molar-refractivity contribution in [1.82, 2.24) is 0 Å². The highest BCUT2D eigenvalue weighted by molar-refractivity contribution is 6.81. The number of carbonyl (C=O) groups is 1. The minimum atomic E-state index is -1.39. The number of ether oxygens (including phenoxy) is 1. The van der Waals surface area contributed by atoms with E-state index in [9.17, 15) is 4.79 Å². The first-order valence-corrected chi connectivity index (χ1v) is 10.0. The second-order valence-electron chi connectivity index (χ2n) is 5.71. The molecule has 0 heterocycles. The smallest absolute Gasteiger partial charge is 0.308 e. The Morgan fingerprint density at radius 3 is 2.53 bits per heavy atom. The lowest BCUT2D eigenvalue weighted by Crippen LogP contribution is -2.26. The van der Waals surface area contributed by atoms with Gasteiger partial charge in [0.1, 0.15) is 0 Å². The molecule has 3 heteroatoms. The van der Waals surface area contributed by atoms with Crippen LogP contribution >= 0.6 is 0 Å². The number of methoxy groups -OCH3 is 1. The van der Waals surface area contributed by atoms with Crippen LogP contribution in [0, 0.1) is 5.92 Å². The number of allylic oxidation sites excluding steroid dienone is 1. The molecule has 0 bridgehead atoms. The minimum Gasteiger partial charge on any atom is -0.469 e. The van der Waals surface area contributed by atoms with Gasteiger partial charge < -0.3 is 4.74 Å². The van der Waals surface area contributed by atoms with Crippen molar-refractivity contribution in [3.63, 3.8) is 0 Å². The monoisotopic (exact) mass is 276 g/mol. The summed E-state index contributed by atoms with van der Waals surface area (Å²) in [4.78, 5) is 11.3. The van der Waals surface area contributed by atoms with Crippen molar-refractivity contribution in [2.45, 2.75) is 32.5 Å². The Balaban J connectivity index is 2.52. The van der Waals surface area contributed by atoms with Gasteiger partial charge in [0.2, 0.25) is 0 Å². The van der Waals surface area contributed by atoms with Gasteiger partial charge in [0.15, 0.2) is 0 Å². The third kappa shape index (κ3) is 5.88. The van der Waals surface area contributed by atoms with Crippen molar-refractivity contribution in [2.24, 2.45) is 5.92 Å². The summed E-state index contributed by atoms with van der Waals surface area (Å²) in [7, 11) is 0.0525. The average Bonchev–Trinajstić information content (AvgIpc) is 2.38. The third-order valence-corrected chi connectivity index (χ3v) is 5.62. The van der Waals surface area contributed by atoms with E-state index in [0.717, 1.165) is 12.5 Å². The normalized spacial score (nSPS) is 13.5. The molecule has 0 spiro atoms. The topological polar surface area (TPSA) is 26.3 Å². The van der Waals surface area contributed by atoms with Crippen molar-refractivity contribution in [1.29, 1.82) is 0 Å². The zero-order valence-electron chi connectivity index (χ0n) is 12.3. The summed E-state index contributed by atoms with van der Waals surface area (Å²) in [5.41, 5.74) is 3.73. The van der Waals surface area contributed by atoms with Crippen molar-refractivity contribution in [3.05, 3.63) is 47.7 Å². The number of benzene rings is 1. The first-order chi connectivity index (χ1) is 8.94. The molecule has 104 valence electrons. The van der Waals surface area contributed by atoms with Crippen LogP contribution < -0.4 is 0 Å². The van der Waals surface area contributed by atoms with E-state index in [2.05, 4.69) is 49.1 Å². The Labute approximate surface area is 117 Å². The largest absolute Gasteiger partial charge is 0.469 e. The number of hydrogen-bond donors (Lipinski definition) is 0. The molecule has 0 aliphatic heterocycles. The van der Waals surface area contributed by atoms with E-state index in [-0.39, 0.29) is 11.9 Å². The van der Waals surface area contributed by atoms with Crippen LogP contribution in [0.25, 0.3) is 0 Å². The highest BCUT2D eigenvalue weighted by atomic mass is 28.3. The summed E-state index contributed by atoms with van der Waals surface area (Å²) in [6.45, 7) is 6.60. The van der Waals surface area contributed by atoms with Crippen LogP contribution in [0.4, 0.5) is 0 Å². The van der Waals surface area contributed by atoms with Crippen molar-refractivity contribution in [2.75, 3.05) is 7.11 Å². The van der Waals surface area contributed by atoms with Gasteiger partial charge in [-0.25, -0.2) is 0 Å². The fraction of sp³-hybridized carbons (Fsp3) is 0.438. The first kappa shape index (κ1) is 15.7. The highest BCUT2D eigenvalue weighted by Gasteiger charge is 2.18. The van der Waals surface area contributed by atoms with E-state index in [1.165, 1.54) is 12.7 Å². The molecule has 0 aliphatic rings. The van der Waals surface area contributed by atoms with Gasteiger partial charge in [0.25, 0.3) is 0 Å². The van der Waals surface area contributed by atoms with Gasteiger partial charge in [0, 0.05) is 0 Å². The van der Waals surface area contributed by atoms with Gasteiger partial charge in [-0.15, -0.1) is 0 Å². The molecule has 0 N–H and O–H groups in total. The Bertz CT molecular complexity index is 424. The van der Waals surface area contributed by atoms with Crippen LogP contribution in [-0.2, 0) is 15.6 Å². The molecule has 0 fully saturated rings. The van der Waals surface area contributed by atoms with E-state index in [1.54, 1.807) is 0 Å². The second kappa shape index (κ2) is 7.29. The van der Waals surface area contributed by atoms with Crippen LogP contribution in [0.2, 0.25) is 13.1 Å². The molecule has 0 aliphatic carbocycles. The van der Waals surface area contributed by atoms with E-state index >= 15 is 0 Å². The molecule has 0 amide bonds. The number of hydrogen-bond acceptors (Lipinski definition) is 2. The fourth-order valence-electron chi connectivity index (χ4n) is 2.07. The van der Waals surface area contributed by atoms with Gasteiger partial charge in [-0.2, -0.15) is 0 Å². The second-order valence-corrected chi connectivity index (χ2v) is 10.4. The molecular weight excluding hydrogens is 252 g/mol. The molecule has 1 aromatic rings. The van der Waals surface area contributed by atoms with Crippen LogP contribution in [0.5, 0.6) is 0 Å². The van der Waals surface area contributed by atoms with E-state index in [0.29, 0.717) is 0 Å². The van der Waals surface area contributed by atoms with E-state index < -0.39 is 8.07 Å². The van der Waals surface area contributed by atoms with E-state index in [4.69, 9.17) is 4.74 Å². The van der Waals surface area contributed by atoms with Gasteiger partial charge in [-0.05, 0) is 12.5 Å². The molecule has 2 nitrogen and oxygen atoms in total. The summed E-state index contributed by atoms with van der Waals surface area (Å²) >= 11 is 0. The summed E-state index contributed by atoms with van der Waals surface area (Å²) in [6.07, 6.45) is 2.91. The lowest BCUT2D eigenvalue weighted by molar-refractivity contribution is -0.144. The summed E-state index contributed by atoms with van der Waals surface area (Å²) in [5.74, 6) is -0.185. The van der Waals surface area contributed by atoms with Crippen LogP contribution in [-0.4, -0.2) is 21.2 Å². The predicted molar refractivity (Wildman–Crippen MR) is 82.6 cm³/mol. The molecule has 0 aromatic heterocycles. The zero-order valence-corrected chi connectivity index (χ0v) is 13.3. The van der Waals surface area contributed by atoms with Gasteiger partial charge in [-0.1, -0.05) is 67.7 Å². The first-order valence-electron chi connectivity index (χ1n) is 6.74. The van der Waals surface area contributed by atoms with Gasteiger partial charge in [-0.3, -0.25) is 4.79 Å². The number of rotatable bonds is 6. The zero-order chi connectivity index (χ0) is 14.3. The fourth-order valence-corrected chi connectivity index (χ4v) is 4.25. The Morgan fingerprint density at radius 2 is 1.95 bits per heavy atom. The molecular formula is C16H24O2Si. The lowest BCUT2D eigenvalue weighted by Gasteiger charge is -2.18. The average molecular weight is 276 g/mol. The predicted octanol–water partition coefficient (Wildman–Crippen LogP) is 3.77. The maximum atomic E-state index is 11.3. The third-order valence-electron chi connectivity index (χ3n) is 3.16. The number of esters is 1. The van der Waals surface area contributed by atoms with Crippen LogP contribution in [0.3, 0.4) is 0 Å². The maximum Gasteiger partial charge on any atom is 0.308 e. The summed E-state index contributed by atoms with van der Waals surface area (Å²) in [6, 6.07) is 11.7. The molecule has 0 saturated heterocycles. The molecule has 1 rings (SSSR count). The standard InChI is InChI=1S/C16H24O2Si/c1-14(16(17)18-2)9-8-12-19(3,4)13-15-10-6-5-7-11-15/h5-8,10-12,14H,9,13H2,1-4H3/b12-8+/t14-/m1/s1. The molecule has 1 atom stereocenters. The van der Waals surface area contributed by atoms with Gasteiger partial charge >= 0.3 is 5.97 Å². The summed E-state index contributed by atoms with van der Waals surface area (Å²) < 4.78 is 4.73. The molecule has 19 heavy (non-hydrogen) atoms. The molecule has 1 aromatic carbocycles. The van der Waals surface area contributed by atoms with Crippen molar-refractivity contribution in [3.8, 4) is 0 Å². The Morgan fingerprint density at radius 1 is 1.32 bits per heavy atom. The molecule has 0 unspecified atom stereocenters. The Kier molecular flexibility index (Phi) is 6.02. The molecule has 0 saturated carbocycles. The minimum absolute atomic E-state index is 0.0530. The SMILES string of the molecule is COC(=O)[C@H](C)C/C=C/[Si](C)(C)Cc1ccccc1. The molecule has 0 radical (unpaired) electrons. The van der Waals surface area contributed by atoms with Crippen LogP contribution in [0.1, 0.15) is 18.9 Å². The quantitative estimate of drug-likeness (QED) is 0.584.